The summed E-state index contributed by atoms with van der Waals surface area (Å²) < 4.78 is 7.47. The van der Waals surface area contributed by atoms with E-state index in [1.807, 2.05) is 22.9 Å². The lowest BCUT2D eigenvalue weighted by atomic mass is 9.94. The normalized spacial score (nSPS) is 20.4. The maximum atomic E-state index is 12.6. The summed E-state index contributed by atoms with van der Waals surface area (Å²) in [5.74, 6) is 0.624. The van der Waals surface area contributed by atoms with Gasteiger partial charge in [-0.15, -0.1) is 0 Å². The van der Waals surface area contributed by atoms with Crippen molar-refractivity contribution in [1.82, 2.24) is 19.9 Å². The third-order valence-electron chi connectivity index (χ3n) is 6.90. The molecular formula is C25H30ClN5O3. The molecule has 5 rings (SSSR count). The van der Waals surface area contributed by atoms with Gasteiger partial charge >= 0.3 is 0 Å². The van der Waals surface area contributed by atoms with Crippen LogP contribution in [0.3, 0.4) is 0 Å². The van der Waals surface area contributed by atoms with Crippen molar-refractivity contribution in [3.05, 3.63) is 41.8 Å². The number of carbonyl (C=O) groups is 1. The Morgan fingerprint density at radius 3 is 2.91 bits per heavy atom. The number of hydrogen-bond donors (Lipinski definition) is 3. The van der Waals surface area contributed by atoms with E-state index in [4.69, 9.17) is 16.3 Å². The number of nitrogens with one attached hydrogen (secondary N) is 2. The van der Waals surface area contributed by atoms with Crippen molar-refractivity contribution < 1.29 is 14.6 Å². The van der Waals surface area contributed by atoms with Gasteiger partial charge in [0, 0.05) is 56.0 Å². The molecule has 1 unspecified atom stereocenters. The first-order valence-corrected chi connectivity index (χ1v) is 12.3. The number of ether oxygens (including phenoxy) is 1. The SMILES string of the molecule is O=C(Nc1cc(-c2cnc3ccn(CC(O)C4CCOCC4)c3c2)c(Cl)cn1)[C@@H]1CCCNC1. The van der Waals surface area contributed by atoms with Gasteiger partial charge < -0.3 is 25.0 Å². The third-order valence-corrected chi connectivity index (χ3v) is 7.20. The Labute approximate surface area is 203 Å². The molecule has 0 aliphatic carbocycles. The molecule has 2 saturated heterocycles. The highest BCUT2D eigenvalue weighted by atomic mass is 35.5. The maximum absolute atomic E-state index is 12.6. The Kier molecular flexibility index (Phi) is 7.10. The number of amides is 1. The Hall–Kier alpha value is -2.52. The molecular weight excluding hydrogens is 454 g/mol. The van der Waals surface area contributed by atoms with Gasteiger partial charge in [0.25, 0.3) is 0 Å². The van der Waals surface area contributed by atoms with E-state index in [1.165, 1.54) is 0 Å². The average Bonchev–Trinajstić information content (AvgIpc) is 3.28. The van der Waals surface area contributed by atoms with Crippen LogP contribution in [0.15, 0.2) is 36.8 Å². The number of anilines is 1. The number of nitrogens with zero attached hydrogens (tertiary/aromatic N) is 3. The van der Waals surface area contributed by atoms with Crippen molar-refractivity contribution in [3.63, 3.8) is 0 Å². The number of hydrogen-bond acceptors (Lipinski definition) is 6. The van der Waals surface area contributed by atoms with E-state index >= 15 is 0 Å². The molecule has 0 spiro atoms. The number of carbonyl (C=O) groups excluding carboxylic acids is 1. The van der Waals surface area contributed by atoms with Gasteiger partial charge in [0.05, 0.1) is 28.1 Å². The van der Waals surface area contributed by atoms with Crippen molar-refractivity contribution in [3.8, 4) is 11.1 Å². The van der Waals surface area contributed by atoms with Crippen LogP contribution in [0.2, 0.25) is 5.02 Å². The lowest BCUT2D eigenvalue weighted by molar-refractivity contribution is -0.120. The quantitative estimate of drug-likeness (QED) is 0.496. The molecule has 2 atom stereocenters. The van der Waals surface area contributed by atoms with Gasteiger partial charge in [-0.3, -0.25) is 9.78 Å². The van der Waals surface area contributed by atoms with Crippen LogP contribution < -0.4 is 10.6 Å². The number of piperidine rings is 1. The molecule has 3 aromatic heterocycles. The summed E-state index contributed by atoms with van der Waals surface area (Å²) in [7, 11) is 0. The molecule has 34 heavy (non-hydrogen) atoms. The van der Waals surface area contributed by atoms with Crippen LogP contribution in [0, 0.1) is 11.8 Å². The maximum Gasteiger partial charge on any atom is 0.229 e. The topological polar surface area (TPSA) is 101 Å². The van der Waals surface area contributed by atoms with Gasteiger partial charge in [-0.05, 0) is 56.3 Å². The van der Waals surface area contributed by atoms with E-state index in [9.17, 15) is 9.90 Å². The van der Waals surface area contributed by atoms with E-state index < -0.39 is 6.10 Å². The van der Waals surface area contributed by atoms with Gasteiger partial charge in [-0.25, -0.2) is 4.98 Å². The fourth-order valence-corrected chi connectivity index (χ4v) is 5.07. The molecule has 2 aliphatic heterocycles. The second-order valence-electron chi connectivity index (χ2n) is 9.20. The number of aliphatic hydroxyl groups excluding tert-OH is 1. The minimum Gasteiger partial charge on any atom is -0.391 e. The minimum absolute atomic E-state index is 0.0301. The van der Waals surface area contributed by atoms with Gasteiger partial charge in [0.15, 0.2) is 0 Å². The summed E-state index contributed by atoms with van der Waals surface area (Å²) in [5, 5.41) is 17.5. The lowest BCUT2D eigenvalue weighted by Crippen LogP contribution is -2.37. The Morgan fingerprint density at radius 2 is 2.12 bits per heavy atom. The number of rotatable bonds is 6. The molecule has 3 aromatic rings. The second kappa shape index (κ2) is 10.4. The number of pyridine rings is 2. The molecule has 8 nitrogen and oxygen atoms in total. The molecule has 0 aromatic carbocycles. The van der Waals surface area contributed by atoms with Crippen molar-refractivity contribution in [2.24, 2.45) is 11.8 Å². The van der Waals surface area contributed by atoms with Crippen LogP contribution >= 0.6 is 11.6 Å². The standard InChI is InChI=1S/C25H30ClN5O3/c26-20-14-29-24(30-25(33)17-2-1-6-27-12-17)11-19(20)18-10-22-21(28-13-18)3-7-31(22)15-23(32)16-4-8-34-9-5-16/h3,7,10-11,13-14,16-17,23,27,32H,1-2,4-6,8-9,12,15H2,(H,29,30,33)/t17-,23?/m1/s1. The van der Waals surface area contributed by atoms with Crippen LogP contribution in [0.25, 0.3) is 22.2 Å². The van der Waals surface area contributed by atoms with Gasteiger partial charge in [-0.2, -0.15) is 0 Å². The smallest absolute Gasteiger partial charge is 0.229 e. The highest BCUT2D eigenvalue weighted by Crippen LogP contribution is 2.31. The van der Waals surface area contributed by atoms with Gasteiger partial charge in [0.1, 0.15) is 5.82 Å². The molecule has 5 heterocycles. The summed E-state index contributed by atoms with van der Waals surface area (Å²) in [5.41, 5.74) is 3.36. The minimum atomic E-state index is -0.441. The highest BCUT2D eigenvalue weighted by Gasteiger charge is 2.24. The number of halogens is 1. The van der Waals surface area contributed by atoms with Crippen LogP contribution in [0.5, 0.6) is 0 Å². The highest BCUT2D eigenvalue weighted by molar-refractivity contribution is 6.33. The van der Waals surface area contributed by atoms with E-state index in [0.717, 1.165) is 54.4 Å². The second-order valence-corrected chi connectivity index (χ2v) is 9.60. The summed E-state index contributed by atoms with van der Waals surface area (Å²) >= 11 is 6.50. The van der Waals surface area contributed by atoms with Crippen molar-refractivity contribution >= 4 is 34.4 Å². The van der Waals surface area contributed by atoms with E-state index in [-0.39, 0.29) is 17.7 Å². The average molecular weight is 484 g/mol. The zero-order valence-electron chi connectivity index (χ0n) is 19.0. The first-order valence-electron chi connectivity index (χ1n) is 12.0. The van der Waals surface area contributed by atoms with E-state index in [0.29, 0.717) is 37.1 Å². The van der Waals surface area contributed by atoms with Crippen molar-refractivity contribution in [2.75, 3.05) is 31.6 Å². The number of aromatic nitrogens is 3. The first-order chi connectivity index (χ1) is 16.6. The van der Waals surface area contributed by atoms with Crippen LogP contribution in [0.1, 0.15) is 25.7 Å². The van der Waals surface area contributed by atoms with Crippen molar-refractivity contribution in [2.45, 2.75) is 38.3 Å². The molecule has 9 heteroatoms. The molecule has 0 saturated carbocycles. The van der Waals surface area contributed by atoms with Crippen LogP contribution in [0.4, 0.5) is 5.82 Å². The largest absolute Gasteiger partial charge is 0.391 e. The molecule has 2 aliphatic rings. The zero-order valence-corrected chi connectivity index (χ0v) is 19.8. The predicted molar refractivity (Wildman–Crippen MR) is 132 cm³/mol. The summed E-state index contributed by atoms with van der Waals surface area (Å²) in [4.78, 5) is 21.6. The molecule has 0 radical (unpaired) electrons. The van der Waals surface area contributed by atoms with Crippen LogP contribution in [-0.2, 0) is 16.1 Å². The summed E-state index contributed by atoms with van der Waals surface area (Å²) in [6.07, 6.45) is 8.47. The Morgan fingerprint density at radius 1 is 1.26 bits per heavy atom. The molecule has 3 N–H and O–H groups in total. The molecule has 180 valence electrons. The van der Waals surface area contributed by atoms with Crippen LogP contribution in [-0.4, -0.2) is 58.0 Å². The summed E-state index contributed by atoms with van der Waals surface area (Å²) in [6, 6.07) is 5.77. The Bertz CT molecular complexity index is 1150. The molecule has 2 fully saturated rings. The molecule has 0 bridgehead atoms. The van der Waals surface area contributed by atoms with Gasteiger partial charge in [-0.1, -0.05) is 11.6 Å². The fraction of sp³-hybridized carbons (Fsp3) is 0.480. The monoisotopic (exact) mass is 483 g/mol. The van der Waals surface area contributed by atoms with Gasteiger partial charge in [0.2, 0.25) is 5.91 Å². The van der Waals surface area contributed by atoms with E-state index in [2.05, 4.69) is 20.6 Å². The summed E-state index contributed by atoms with van der Waals surface area (Å²) in [6.45, 7) is 3.55. The Balaban J connectivity index is 1.37. The predicted octanol–water partition coefficient (Wildman–Crippen LogP) is 3.48. The third kappa shape index (κ3) is 5.10. The lowest BCUT2D eigenvalue weighted by Gasteiger charge is -2.27. The van der Waals surface area contributed by atoms with E-state index in [1.54, 1.807) is 18.5 Å². The fourth-order valence-electron chi connectivity index (χ4n) is 4.85. The van der Waals surface area contributed by atoms with Crippen molar-refractivity contribution in [1.29, 1.82) is 0 Å². The molecule has 1 amide bonds. The number of fused-ring (bicyclic) bond motifs is 1. The number of aliphatic hydroxyl groups is 1. The zero-order chi connectivity index (χ0) is 23.5. The first kappa shape index (κ1) is 23.2.